The van der Waals surface area contributed by atoms with Crippen molar-refractivity contribution in [1.29, 1.82) is 0 Å². The molecule has 0 bridgehead atoms. The zero-order valence-corrected chi connectivity index (χ0v) is 32.5. The fraction of sp³-hybridized carbons (Fsp3) is 0.978. The molecular weight excluding hydrogens is 572 g/mol. The number of carbonyl (C=O) groups is 1. The molecule has 0 spiro atoms. The number of unbranched alkanes of at least 4 members (excludes halogenated alkanes) is 14. The molecule has 0 radical (unpaired) electrons. The van der Waals surface area contributed by atoms with Gasteiger partial charge in [0.25, 0.3) is 0 Å². The molecule has 2 heteroatoms. The molecule has 4 saturated carbocycles. The molecule has 2 nitrogen and oxygen atoms in total. The maximum absolute atomic E-state index is 10.6. The third kappa shape index (κ3) is 11.2. The van der Waals surface area contributed by atoms with Gasteiger partial charge in [0.05, 0.1) is 0 Å². The van der Waals surface area contributed by atoms with Crippen LogP contribution in [0.4, 0.5) is 0 Å². The number of hydrogen-bond acceptors (Lipinski definition) is 1. The number of hydrogen-bond donors (Lipinski definition) is 1. The van der Waals surface area contributed by atoms with Crippen LogP contribution in [0.1, 0.15) is 221 Å². The Morgan fingerprint density at radius 2 is 1.17 bits per heavy atom. The normalized spacial score (nSPS) is 34.2. The Kier molecular flexibility index (Phi) is 16.5. The van der Waals surface area contributed by atoms with E-state index < -0.39 is 5.97 Å². The fourth-order valence-corrected chi connectivity index (χ4v) is 12.6. The SMILES string of the molecule is CC(C)CCC[C@@H](C)[C@H]1CCC2C3CCC4CC(CCCCCCCCCCCCCCCCCC(=O)O)CC[C@]4(C)C3CC[C@@]21C. The summed E-state index contributed by atoms with van der Waals surface area (Å²) in [7, 11) is 0. The van der Waals surface area contributed by atoms with Gasteiger partial charge in [-0.05, 0) is 122 Å². The van der Waals surface area contributed by atoms with Gasteiger partial charge >= 0.3 is 5.97 Å². The summed E-state index contributed by atoms with van der Waals surface area (Å²) in [5.74, 6) is 7.34. The van der Waals surface area contributed by atoms with Gasteiger partial charge in [0.15, 0.2) is 0 Å². The van der Waals surface area contributed by atoms with Crippen molar-refractivity contribution in [2.75, 3.05) is 0 Å². The van der Waals surface area contributed by atoms with Crippen molar-refractivity contribution >= 4 is 5.97 Å². The van der Waals surface area contributed by atoms with Gasteiger partial charge in [-0.25, -0.2) is 0 Å². The van der Waals surface area contributed by atoms with Crippen LogP contribution in [0, 0.1) is 58.2 Å². The zero-order chi connectivity index (χ0) is 33.7. The zero-order valence-electron chi connectivity index (χ0n) is 32.5. The van der Waals surface area contributed by atoms with Crippen LogP contribution < -0.4 is 0 Å². The number of fused-ring (bicyclic) bond motifs is 5. The average Bonchev–Trinajstić information content (AvgIpc) is 3.39. The van der Waals surface area contributed by atoms with Gasteiger partial charge in [-0.1, -0.05) is 150 Å². The molecule has 5 unspecified atom stereocenters. The van der Waals surface area contributed by atoms with E-state index in [9.17, 15) is 4.79 Å². The maximum Gasteiger partial charge on any atom is 0.303 e. The maximum atomic E-state index is 10.6. The summed E-state index contributed by atoms with van der Waals surface area (Å²) in [6, 6.07) is 0. The third-order valence-electron chi connectivity index (χ3n) is 15.5. The lowest BCUT2D eigenvalue weighted by molar-refractivity contribution is -0.137. The summed E-state index contributed by atoms with van der Waals surface area (Å²) in [6.07, 6.45) is 40.4. The molecule has 0 aliphatic heterocycles. The molecule has 4 rings (SSSR count). The summed E-state index contributed by atoms with van der Waals surface area (Å²) >= 11 is 0. The predicted molar refractivity (Wildman–Crippen MR) is 203 cm³/mol. The molecule has 0 heterocycles. The molecule has 0 saturated heterocycles. The molecule has 0 aromatic carbocycles. The minimum Gasteiger partial charge on any atom is -0.481 e. The highest BCUT2D eigenvalue weighted by atomic mass is 16.4. The Hall–Kier alpha value is -0.530. The smallest absolute Gasteiger partial charge is 0.303 e. The number of carboxylic acids is 1. The monoisotopic (exact) mass is 655 g/mol. The Balaban J connectivity index is 1.04. The van der Waals surface area contributed by atoms with Gasteiger partial charge in [-0.2, -0.15) is 0 Å². The largest absolute Gasteiger partial charge is 0.481 e. The van der Waals surface area contributed by atoms with Crippen LogP contribution in [0.3, 0.4) is 0 Å². The second-order valence-corrected chi connectivity index (χ2v) is 19.1. The first-order chi connectivity index (χ1) is 22.6. The second kappa shape index (κ2) is 19.8. The Bertz CT molecular complexity index is 879. The minimum atomic E-state index is -0.644. The van der Waals surface area contributed by atoms with Crippen molar-refractivity contribution in [2.24, 2.45) is 58.2 Å². The second-order valence-electron chi connectivity index (χ2n) is 19.1. The minimum absolute atomic E-state index is 0.347. The van der Waals surface area contributed by atoms with Crippen LogP contribution in [0.15, 0.2) is 0 Å². The van der Waals surface area contributed by atoms with Crippen LogP contribution in [0.25, 0.3) is 0 Å². The van der Waals surface area contributed by atoms with Crippen LogP contribution >= 0.6 is 0 Å². The molecule has 9 atom stereocenters. The first-order valence-electron chi connectivity index (χ1n) is 21.9. The highest BCUT2D eigenvalue weighted by molar-refractivity contribution is 5.66. The standard InChI is InChI=1S/C45H82O2/c1-35(2)22-21-23-36(3)40-28-29-41-39-27-26-38-34-37(30-32-44(38,4)42(39)31-33-45(40,41)5)24-19-17-15-13-11-9-7-6-8-10-12-14-16-18-20-25-43(46)47/h35-42H,6-34H2,1-5H3,(H,46,47)/t36-,37?,38?,39?,40-,41?,42?,44+,45-/m1/s1. The van der Waals surface area contributed by atoms with Gasteiger partial charge in [-0.3, -0.25) is 4.79 Å². The Morgan fingerprint density at radius 1 is 0.617 bits per heavy atom. The summed E-state index contributed by atoms with van der Waals surface area (Å²) in [5.41, 5.74) is 1.30. The van der Waals surface area contributed by atoms with Crippen molar-refractivity contribution in [3.8, 4) is 0 Å². The lowest BCUT2D eigenvalue weighted by Gasteiger charge is -2.61. The van der Waals surface area contributed by atoms with E-state index in [2.05, 4.69) is 34.6 Å². The topological polar surface area (TPSA) is 37.3 Å². The third-order valence-corrected chi connectivity index (χ3v) is 15.5. The molecule has 0 amide bonds. The van der Waals surface area contributed by atoms with Gasteiger partial charge in [0.1, 0.15) is 0 Å². The lowest BCUT2D eigenvalue weighted by atomic mass is 9.44. The molecule has 0 aromatic rings. The molecule has 0 aromatic heterocycles. The molecule has 1 N–H and O–H groups in total. The first-order valence-corrected chi connectivity index (χ1v) is 21.9. The van der Waals surface area contributed by atoms with Crippen molar-refractivity contribution in [3.05, 3.63) is 0 Å². The molecule has 4 aliphatic carbocycles. The van der Waals surface area contributed by atoms with Crippen molar-refractivity contribution in [1.82, 2.24) is 0 Å². The molecule has 274 valence electrons. The highest BCUT2D eigenvalue weighted by Crippen LogP contribution is 2.68. The van der Waals surface area contributed by atoms with Gasteiger partial charge < -0.3 is 5.11 Å². The summed E-state index contributed by atoms with van der Waals surface area (Å²) in [5, 5.41) is 8.70. The van der Waals surface area contributed by atoms with Crippen LogP contribution in [0.2, 0.25) is 0 Å². The molecule has 47 heavy (non-hydrogen) atoms. The van der Waals surface area contributed by atoms with Crippen LogP contribution in [-0.4, -0.2) is 11.1 Å². The average molecular weight is 655 g/mol. The highest BCUT2D eigenvalue weighted by Gasteiger charge is 2.60. The molecular formula is C45H82O2. The van der Waals surface area contributed by atoms with Gasteiger partial charge in [-0.15, -0.1) is 0 Å². The van der Waals surface area contributed by atoms with Crippen molar-refractivity contribution in [3.63, 3.8) is 0 Å². The Labute approximate surface area is 294 Å². The van der Waals surface area contributed by atoms with E-state index in [1.165, 1.54) is 116 Å². The van der Waals surface area contributed by atoms with Gasteiger partial charge in [0, 0.05) is 6.42 Å². The summed E-state index contributed by atoms with van der Waals surface area (Å²) in [6.45, 7) is 13.0. The van der Waals surface area contributed by atoms with E-state index in [1.807, 2.05) is 0 Å². The van der Waals surface area contributed by atoms with E-state index >= 15 is 0 Å². The molecule has 4 aliphatic rings. The fourth-order valence-electron chi connectivity index (χ4n) is 12.6. The first kappa shape index (κ1) is 39.3. The van der Waals surface area contributed by atoms with Crippen molar-refractivity contribution in [2.45, 2.75) is 221 Å². The summed E-state index contributed by atoms with van der Waals surface area (Å²) < 4.78 is 0. The van der Waals surface area contributed by atoms with E-state index in [0.717, 1.165) is 60.2 Å². The van der Waals surface area contributed by atoms with Gasteiger partial charge in [0.2, 0.25) is 0 Å². The van der Waals surface area contributed by atoms with Crippen LogP contribution in [0.5, 0.6) is 0 Å². The number of rotatable bonds is 23. The van der Waals surface area contributed by atoms with E-state index in [1.54, 1.807) is 51.4 Å². The predicted octanol–water partition coefficient (Wildman–Crippen LogP) is 14.4. The number of aliphatic carboxylic acids is 1. The molecule has 4 fully saturated rings. The lowest BCUT2D eigenvalue weighted by Crippen LogP contribution is -2.53. The van der Waals surface area contributed by atoms with E-state index in [-0.39, 0.29) is 0 Å². The van der Waals surface area contributed by atoms with E-state index in [0.29, 0.717) is 17.3 Å². The van der Waals surface area contributed by atoms with Crippen LogP contribution in [-0.2, 0) is 4.79 Å². The quantitative estimate of drug-likeness (QED) is 0.111. The Morgan fingerprint density at radius 3 is 1.77 bits per heavy atom. The van der Waals surface area contributed by atoms with Crippen molar-refractivity contribution < 1.29 is 9.90 Å². The number of carboxylic acid groups (broad SMARTS) is 1. The van der Waals surface area contributed by atoms with E-state index in [4.69, 9.17) is 5.11 Å². The summed E-state index contributed by atoms with van der Waals surface area (Å²) in [4.78, 5) is 10.6.